The van der Waals surface area contributed by atoms with Gasteiger partial charge in [-0.05, 0) is 24.6 Å². The number of alkyl halides is 2. The van der Waals surface area contributed by atoms with Crippen LogP contribution >= 0.6 is 15.9 Å². The van der Waals surface area contributed by atoms with Crippen LogP contribution in [0.15, 0.2) is 22.7 Å². The summed E-state index contributed by atoms with van der Waals surface area (Å²) in [6.45, 7) is -1.84. The van der Waals surface area contributed by atoms with Crippen molar-refractivity contribution in [3.63, 3.8) is 0 Å². The zero-order valence-electron chi connectivity index (χ0n) is 10.7. The van der Waals surface area contributed by atoms with E-state index in [-0.39, 0.29) is 17.7 Å². The van der Waals surface area contributed by atoms with Crippen LogP contribution in [0.5, 0.6) is 5.75 Å². The summed E-state index contributed by atoms with van der Waals surface area (Å²) in [4.78, 5) is 11.1. The van der Waals surface area contributed by atoms with Crippen LogP contribution in [0.3, 0.4) is 0 Å². The lowest BCUT2D eigenvalue weighted by molar-refractivity contribution is -0.119. The molecule has 1 aromatic carbocycles. The van der Waals surface area contributed by atoms with Crippen molar-refractivity contribution < 1.29 is 18.3 Å². The zero-order valence-corrected chi connectivity index (χ0v) is 12.3. The second-order valence-electron chi connectivity index (χ2n) is 4.56. The minimum atomic E-state index is -2.84. The van der Waals surface area contributed by atoms with Crippen LogP contribution in [-0.4, -0.2) is 25.1 Å². The molecule has 110 valence electrons. The second kappa shape index (κ2) is 6.99. The van der Waals surface area contributed by atoms with Crippen molar-refractivity contribution in [2.45, 2.75) is 32.0 Å². The topological polar surface area (TPSA) is 50.4 Å². The van der Waals surface area contributed by atoms with E-state index in [0.29, 0.717) is 25.1 Å². The van der Waals surface area contributed by atoms with Crippen LogP contribution in [0.2, 0.25) is 0 Å². The zero-order chi connectivity index (χ0) is 14.5. The van der Waals surface area contributed by atoms with E-state index in [4.69, 9.17) is 0 Å². The van der Waals surface area contributed by atoms with Crippen molar-refractivity contribution >= 4 is 21.8 Å². The molecule has 1 atom stereocenters. The molecule has 1 saturated heterocycles. The number of carbonyl (C=O) groups excluding carboxylic acids is 1. The summed E-state index contributed by atoms with van der Waals surface area (Å²) in [6, 6.07) is 5.00. The first-order chi connectivity index (χ1) is 9.54. The molecule has 1 heterocycles. The van der Waals surface area contributed by atoms with Gasteiger partial charge >= 0.3 is 6.61 Å². The van der Waals surface area contributed by atoms with Gasteiger partial charge in [0.05, 0.1) is 0 Å². The summed E-state index contributed by atoms with van der Waals surface area (Å²) < 4.78 is 29.9. The van der Waals surface area contributed by atoms with Crippen LogP contribution in [0.1, 0.15) is 18.4 Å². The molecule has 1 aliphatic heterocycles. The van der Waals surface area contributed by atoms with E-state index in [2.05, 4.69) is 31.3 Å². The summed E-state index contributed by atoms with van der Waals surface area (Å²) in [7, 11) is 0. The van der Waals surface area contributed by atoms with E-state index in [0.717, 1.165) is 10.9 Å². The van der Waals surface area contributed by atoms with Gasteiger partial charge in [0.1, 0.15) is 5.75 Å². The summed E-state index contributed by atoms with van der Waals surface area (Å²) >= 11 is 3.30. The number of nitrogens with one attached hydrogen (secondary N) is 2. The Morgan fingerprint density at radius 3 is 2.95 bits per heavy atom. The maximum absolute atomic E-state index is 12.3. The highest BCUT2D eigenvalue weighted by molar-refractivity contribution is 9.10. The Morgan fingerprint density at radius 2 is 2.30 bits per heavy atom. The van der Waals surface area contributed by atoms with Gasteiger partial charge in [0.25, 0.3) is 0 Å². The van der Waals surface area contributed by atoms with Gasteiger partial charge in [-0.3, -0.25) is 4.79 Å². The fraction of sp³-hybridized carbons (Fsp3) is 0.462. The standard InChI is InChI=1S/C13H15BrF2N2O2/c14-9-1-3-11(20-13(15)16)8(5-9)6-17-7-10-2-4-12(19)18-10/h1,3,5,10,13,17H,2,4,6-7H2,(H,18,19). The van der Waals surface area contributed by atoms with E-state index in [1.165, 1.54) is 6.07 Å². The van der Waals surface area contributed by atoms with Crippen molar-refractivity contribution in [3.8, 4) is 5.75 Å². The molecule has 0 aromatic heterocycles. The molecule has 0 bridgehead atoms. The number of rotatable bonds is 6. The third kappa shape index (κ3) is 4.42. The summed E-state index contributed by atoms with van der Waals surface area (Å²) in [5.41, 5.74) is 0.643. The van der Waals surface area contributed by atoms with Gasteiger partial charge in [-0.15, -0.1) is 0 Å². The predicted octanol–water partition coefficient (Wildman–Crippen LogP) is 2.42. The van der Waals surface area contributed by atoms with Gasteiger partial charge in [-0.2, -0.15) is 8.78 Å². The Hall–Kier alpha value is -1.21. The number of ether oxygens (including phenoxy) is 1. The molecular weight excluding hydrogens is 334 g/mol. The van der Waals surface area contributed by atoms with Crippen molar-refractivity contribution in [2.75, 3.05) is 6.54 Å². The third-order valence-electron chi connectivity index (χ3n) is 3.03. The molecule has 2 N–H and O–H groups in total. The first-order valence-corrected chi connectivity index (χ1v) is 7.07. The van der Waals surface area contributed by atoms with Crippen molar-refractivity contribution in [1.29, 1.82) is 0 Å². The Bertz CT molecular complexity index is 485. The van der Waals surface area contributed by atoms with Crippen LogP contribution in [0.25, 0.3) is 0 Å². The molecule has 0 radical (unpaired) electrons. The smallest absolute Gasteiger partial charge is 0.387 e. The molecule has 4 nitrogen and oxygen atoms in total. The van der Waals surface area contributed by atoms with Crippen LogP contribution in [0, 0.1) is 0 Å². The number of amides is 1. The third-order valence-corrected chi connectivity index (χ3v) is 3.52. The highest BCUT2D eigenvalue weighted by atomic mass is 79.9. The SMILES string of the molecule is O=C1CCC(CNCc2cc(Br)ccc2OC(F)F)N1. The van der Waals surface area contributed by atoms with E-state index < -0.39 is 6.61 Å². The van der Waals surface area contributed by atoms with Crippen LogP contribution in [-0.2, 0) is 11.3 Å². The quantitative estimate of drug-likeness (QED) is 0.829. The first kappa shape index (κ1) is 15.2. The molecule has 1 aromatic rings. The van der Waals surface area contributed by atoms with Gasteiger partial charge in [0.2, 0.25) is 5.91 Å². The Kier molecular flexibility index (Phi) is 5.31. The van der Waals surface area contributed by atoms with Gasteiger partial charge in [0.15, 0.2) is 0 Å². The second-order valence-corrected chi connectivity index (χ2v) is 5.48. The predicted molar refractivity (Wildman–Crippen MR) is 73.6 cm³/mol. The molecule has 1 amide bonds. The van der Waals surface area contributed by atoms with Gasteiger partial charge in [-0.1, -0.05) is 15.9 Å². The van der Waals surface area contributed by atoms with E-state index in [1.807, 2.05) is 0 Å². The maximum atomic E-state index is 12.3. The van der Waals surface area contributed by atoms with Crippen molar-refractivity contribution in [2.24, 2.45) is 0 Å². The van der Waals surface area contributed by atoms with Gasteiger partial charge in [0, 0.05) is 35.6 Å². The molecular formula is C13H15BrF2N2O2. The van der Waals surface area contributed by atoms with E-state index in [9.17, 15) is 13.6 Å². The molecule has 0 spiro atoms. The van der Waals surface area contributed by atoms with Crippen LogP contribution in [0.4, 0.5) is 8.78 Å². The minimum Gasteiger partial charge on any atom is -0.434 e. The molecule has 7 heteroatoms. The molecule has 2 rings (SSSR count). The highest BCUT2D eigenvalue weighted by Gasteiger charge is 2.20. The maximum Gasteiger partial charge on any atom is 0.387 e. The lowest BCUT2D eigenvalue weighted by Gasteiger charge is -2.14. The lowest BCUT2D eigenvalue weighted by atomic mass is 10.2. The van der Waals surface area contributed by atoms with Crippen molar-refractivity contribution in [3.05, 3.63) is 28.2 Å². The van der Waals surface area contributed by atoms with Crippen LogP contribution < -0.4 is 15.4 Å². The fourth-order valence-electron chi connectivity index (χ4n) is 2.11. The van der Waals surface area contributed by atoms with E-state index >= 15 is 0 Å². The number of hydrogen-bond acceptors (Lipinski definition) is 3. The highest BCUT2D eigenvalue weighted by Crippen LogP contribution is 2.24. The first-order valence-electron chi connectivity index (χ1n) is 6.28. The Labute approximate surface area is 124 Å². The van der Waals surface area contributed by atoms with E-state index in [1.54, 1.807) is 12.1 Å². The summed E-state index contributed by atoms with van der Waals surface area (Å²) in [5.74, 6) is 0.215. The molecule has 20 heavy (non-hydrogen) atoms. The molecule has 1 fully saturated rings. The molecule has 0 aliphatic carbocycles. The normalized spacial score (nSPS) is 18.4. The number of carbonyl (C=O) groups is 1. The monoisotopic (exact) mass is 348 g/mol. The minimum absolute atomic E-state index is 0.0565. The number of halogens is 3. The molecule has 1 unspecified atom stereocenters. The molecule has 0 saturated carbocycles. The van der Waals surface area contributed by atoms with Crippen molar-refractivity contribution in [1.82, 2.24) is 10.6 Å². The van der Waals surface area contributed by atoms with Gasteiger partial charge in [-0.25, -0.2) is 0 Å². The lowest BCUT2D eigenvalue weighted by Crippen LogP contribution is -2.35. The average Bonchev–Trinajstić information content (AvgIpc) is 2.78. The Morgan fingerprint density at radius 1 is 1.50 bits per heavy atom. The fourth-order valence-corrected chi connectivity index (χ4v) is 2.52. The number of hydrogen-bond donors (Lipinski definition) is 2. The number of benzene rings is 1. The summed E-state index contributed by atoms with van der Waals surface area (Å²) in [5, 5.41) is 5.98. The molecule has 1 aliphatic rings. The largest absolute Gasteiger partial charge is 0.434 e. The van der Waals surface area contributed by atoms with Gasteiger partial charge < -0.3 is 15.4 Å². The average molecular weight is 349 g/mol. The Balaban J connectivity index is 1.90. The summed E-state index contributed by atoms with van der Waals surface area (Å²) in [6.07, 6.45) is 1.34.